The molecule has 3 N–H and O–H groups in total. The van der Waals surface area contributed by atoms with E-state index in [2.05, 4.69) is 27.8 Å². The van der Waals surface area contributed by atoms with Gasteiger partial charge in [0, 0.05) is 23.9 Å². The molecule has 0 saturated carbocycles. The van der Waals surface area contributed by atoms with Gasteiger partial charge in [-0.05, 0) is 25.5 Å². The van der Waals surface area contributed by atoms with Gasteiger partial charge < -0.3 is 15.8 Å². The first-order chi connectivity index (χ1) is 10.1. The zero-order valence-electron chi connectivity index (χ0n) is 12.1. The van der Waals surface area contributed by atoms with Crippen LogP contribution in [0.2, 0.25) is 0 Å². The number of ether oxygens (including phenoxy) is 1. The summed E-state index contributed by atoms with van der Waals surface area (Å²) in [5, 5.41) is 5.95. The summed E-state index contributed by atoms with van der Waals surface area (Å²) in [7, 11) is 1.53. The normalized spacial score (nSPS) is 12.3. The van der Waals surface area contributed by atoms with E-state index in [0.717, 1.165) is 22.0 Å². The fourth-order valence-electron chi connectivity index (χ4n) is 1.82. The van der Waals surface area contributed by atoms with E-state index in [1.807, 2.05) is 6.92 Å². The fraction of sp³-hybridized carbons (Fsp3) is 0.429. The maximum Gasteiger partial charge on any atom is 0.239 e. The second-order valence-electron chi connectivity index (χ2n) is 4.62. The molecule has 0 aromatic carbocycles. The van der Waals surface area contributed by atoms with Gasteiger partial charge in [-0.1, -0.05) is 0 Å². The largest absolute Gasteiger partial charge is 0.383 e. The molecule has 0 aliphatic rings. The molecule has 2 aromatic rings. The summed E-state index contributed by atoms with van der Waals surface area (Å²) >= 11 is 3.36. The number of nitrogens with two attached hydrogens (primary N) is 1. The number of nitrogens with one attached hydrogen (secondary N) is 1. The molecule has 0 aliphatic carbocycles. The third-order valence-corrected chi connectivity index (χ3v) is 4.83. The Morgan fingerprint density at radius 2 is 2.33 bits per heavy atom. The lowest BCUT2D eigenvalue weighted by atomic mass is 10.3. The van der Waals surface area contributed by atoms with Gasteiger partial charge in [-0.15, -0.1) is 22.7 Å². The lowest BCUT2D eigenvalue weighted by Crippen LogP contribution is -2.44. The number of carbonyl (C=O) groups excluding carboxylic acids is 1. The first-order valence-corrected chi connectivity index (χ1v) is 8.33. The van der Waals surface area contributed by atoms with Gasteiger partial charge in [-0.25, -0.2) is 4.98 Å². The molecule has 114 valence electrons. The number of aryl methyl sites for hydroxylation is 1. The van der Waals surface area contributed by atoms with Gasteiger partial charge >= 0.3 is 0 Å². The average Bonchev–Trinajstić information content (AvgIpc) is 3.07. The Morgan fingerprint density at radius 1 is 1.52 bits per heavy atom. The monoisotopic (exact) mass is 325 g/mol. The molecule has 1 amide bonds. The zero-order chi connectivity index (χ0) is 15.2. The third kappa shape index (κ3) is 4.60. The number of rotatable bonds is 7. The van der Waals surface area contributed by atoms with Crippen LogP contribution in [0, 0.1) is 6.92 Å². The van der Waals surface area contributed by atoms with Crippen molar-refractivity contribution in [2.75, 3.05) is 20.3 Å². The molecule has 0 radical (unpaired) electrons. The average molecular weight is 325 g/mol. The predicted molar refractivity (Wildman–Crippen MR) is 86.7 cm³/mol. The quantitative estimate of drug-likeness (QED) is 0.814. The van der Waals surface area contributed by atoms with E-state index < -0.39 is 6.04 Å². The highest BCUT2D eigenvalue weighted by Crippen LogP contribution is 2.29. The molecular weight excluding hydrogens is 306 g/mol. The number of amides is 1. The van der Waals surface area contributed by atoms with Crippen LogP contribution in [0.5, 0.6) is 0 Å². The van der Waals surface area contributed by atoms with Gasteiger partial charge in [0.2, 0.25) is 5.91 Å². The molecule has 1 unspecified atom stereocenters. The lowest BCUT2D eigenvalue weighted by Gasteiger charge is -2.10. The highest BCUT2D eigenvalue weighted by molar-refractivity contribution is 7.16. The number of carbonyl (C=O) groups is 1. The van der Waals surface area contributed by atoms with Crippen LogP contribution in [-0.4, -0.2) is 37.2 Å². The smallest absolute Gasteiger partial charge is 0.239 e. The number of hydrogen-bond acceptors (Lipinski definition) is 6. The Bertz CT molecular complexity index is 595. The van der Waals surface area contributed by atoms with Crippen LogP contribution >= 0.6 is 22.7 Å². The molecule has 2 heterocycles. The Kier molecular flexibility index (Phi) is 5.86. The van der Waals surface area contributed by atoms with Crippen LogP contribution in [-0.2, 0) is 16.0 Å². The Balaban J connectivity index is 1.82. The van der Waals surface area contributed by atoms with Crippen LogP contribution in [0.15, 0.2) is 17.5 Å². The van der Waals surface area contributed by atoms with Crippen LogP contribution < -0.4 is 11.1 Å². The molecule has 1 atom stereocenters. The molecule has 0 fully saturated rings. The second kappa shape index (κ2) is 7.65. The van der Waals surface area contributed by atoms with E-state index in [9.17, 15) is 4.79 Å². The minimum absolute atomic E-state index is 0.177. The number of thiophene rings is 1. The molecule has 5 nitrogen and oxygen atoms in total. The summed E-state index contributed by atoms with van der Waals surface area (Å²) in [4.78, 5) is 18.5. The maximum atomic E-state index is 11.6. The third-order valence-electron chi connectivity index (χ3n) is 2.89. The summed E-state index contributed by atoms with van der Waals surface area (Å²) in [5.41, 5.74) is 6.68. The summed E-state index contributed by atoms with van der Waals surface area (Å²) in [5.74, 6) is -0.177. The number of hydrogen-bond donors (Lipinski definition) is 2. The number of nitrogens with zero attached hydrogens (tertiary/aromatic N) is 1. The SMILES string of the molecule is COCC(N)C(=O)NCCc1ccc(-c2csc(C)n2)s1. The van der Waals surface area contributed by atoms with Gasteiger partial charge in [-0.2, -0.15) is 0 Å². The molecule has 0 aliphatic heterocycles. The summed E-state index contributed by atoms with van der Waals surface area (Å²) < 4.78 is 4.85. The van der Waals surface area contributed by atoms with E-state index in [1.54, 1.807) is 22.7 Å². The highest BCUT2D eigenvalue weighted by Gasteiger charge is 2.12. The van der Waals surface area contributed by atoms with Gasteiger partial charge in [-0.3, -0.25) is 4.79 Å². The number of aromatic nitrogens is 1. The fourth-order valence-corrected chi connectivity index (χ4v) is 3.48. The Labute approximate surface area is 132 Å². The van der Waals surface area contributed by atoms with Gasteiger partial charge in [0.15, 0.2) is 0 Å². The van der Waals surface area contributed by atoms with Gasteiger partial charge in [0.25, 0.3) is 0 Å². The van der Waals surface area contributed by atoms with E-state index in [4.69, 9.17) is 10.5 Å². The molecule has 2 rings (SSSR count). The first kappa shape index (κ1) is 16.1. The number of thiazole rings is 1. The van der Waals surface area contributed by atoms with Crippen molar-refractivity contribution in [1.82, 2.24) is 10.3 Å². The topological polar surface area (TPSA) is 77.2 Å². The van der Waals surface area contributed by atoms with Crippen molar-refractivity contribution < 1.29 is 9.53 Å². The van der Waals surface area contributed by atoms with Gasteiger partial charge in [0.1, 0.15) is 6.04 Å². The molecule has 2 aromatic heterocycles. The van der Waals surface area contributed by atoms with Crippen LogP contribution in [0.25, 0.3) is 10.6 Å². The summed E-state index contributed by atoms with van der Waals surface area (Å²) in [6.45, 7) is 2.81. The first-order valence-electron chi connectivity index (χ1n) is 6.63. The highest BCUT2D eigenvalue weighted by atomic mass is 32.1. The molecular formula is C14H19N3O2S2. The van der Waals surface area contributed by atoms with Crippen LogP contribution in [0.1, 0.15) is 9.88 Å². The Hall–Kier alpha value is -1.28. The standard InChI is InChI=1S/C14H19N3O2S2/c1-9-17-12(8-20-9)13-4-3-10(21-13)5-6-16-14(18)11(15)7-19-2/h3-4,8,11H,5-7,15H2,1-2H3,(H,16,18). The van der Waals surface area contributed by atoms with Crippen LogP contribution in [0.3, 0.4) is 0 Å². The summed E-state index contributed by atoms with van der Waals surface area (Å²) in [6.07, 6.45) is 0.791. The van der Waals surface area contributed by atoms with Crippen molar-refractivity contribution in [3.63, 3.8) is 0 Å². The van der Waals surface area contributed by atoms with Crippen molar-refractivity contribution in [3.8, 4) is 10.6 Å². The molecule has 0 bridgehead atoms. The van der Waals surface area contributed by atoms with Crippen molar-refractivity contribution >= 4 is 28.6 Å². The number of methoxy groups -OCH3 is 1. The van der Waals surface area contributed by atoms with Crippen molar-refractivity contribution in [2.24, 2.45) is 5.73 Å². The predicted octanol–water partition coefficient (Wildman–Crippen LogP) is 1.81. The second-order valence-corrected chi connectivity index (χ2v) is 6.85. The van der Waals surface area contributed by atoms with E-state index in [-0.39, 0.29) is 12.5 Å². The Morgan fingerprint density at radius 3 is 3.00 bits per heavy atom. The molecule has 0 spiro atoms. The van der Waals surface area contributed by atoms with Crippen LogP contribution in [0.4, 0.5) is 0 Å². The zero-order valence-corrected chi connectivity index (χ0v) is 13.7. The van der Waals surface area contributed by atoms with Crippen molar-refractivity contribution in [1.29, 1.82) is 0 Å². The molecule has 7 heteroatoms. The molecule has 21 heavy (non-hydrogen) atoms. The minimum atomic E-state index is -0.605. The summed E-state index contributed by atoms with van der Waals surface area (Å²) in [6, 6.07) is 3.55. The maximum absolute atomic E-state index is 11.6. The van der Waals surface area contributed by atoms with Crippen molar-refractivity contribution in [2.45, 2.75) is 19.4 Å². The van der Waals surface area contributed by atoms with Crippen molar-refractivity contribution in [3.05, 3.63) is 27.4 Å². The lowest BCUT2D eigenvalue weighted by molar-refractivity contribution is -0.123. The van der Waals surface area contributed by atoms with E-state index in [1.165, 1.54) is 12.0 Å². The van der Waals surface area contributed by atoms with E-state index in [0.29, 0.717) is 6.54 Å². The van der Waals surface area contributed by atoms with E-state index >= 15 is 0 Å². The molecule has 0 saturated heterocycles. The minimum Gasteiger partial charge on any atom is -0.383 e. The van der Waals surface area contributed by atoms with Gasteiger partial charge in [0.05, 0.1) is 22.2 Å².